The van der Waals surface area contributed by atoms with E-state index in [9.17, 15) is 4.79 Å². The van der Waals surface area contributed by atoms with Crippen LogP contribution in [0.3, 0.4) is 0 Å². The number of anilines is 1. The number of hydrogen-bond donors (Lipinski definition) is 1. The van der Waals surface area contributed by atoms with Gasteiger partial charge in [-0.2, -0.15) is 9.47 Å². The van der Waals surface area contributed by atoms with Crippen molar-refractivity contribution in [3.05, 3.63) is 23.3 Å². The SMILES string of the molecule is CCc1nsc(N2CCCN(C(=O)c3cc(C(C)C)[nH]n3)CC2)n1. The Morgan fingerprint density at radius 1 is 1.33 bits per heavy atom. The van der Waals surface area contributed by atoms with Crippen molar-refractivity contribution in [2.45, 2.75) is 39.5 Å². The van der Waals surface area contributed by atoms with Gasteiger partial charge in [0.2, 0.25) is 5.13 Å². The number of nitrogens with one attached hydrogen (secondary N) is 1. The molecule has 2 aromatic rings. The van der Waals surface area contributed by atoms with Crippen molar-refractivity contribution in [1.82, 2.24) is 24.5 Å². The zero-order valence-electron chi connectivity index (χ0n) is 14.4. The van der Waals surface area contributed by atoms with Gasteiger partial charge in [0, 0.05) is 49.8 Å². The highest BCUT2D eigenvalue weighted by Crippen LogP contribution is 2.20. The minimum Gasteiger partial charge on any atom is -0.345 e. The van der Waals surface area contributed by atoms with Crippen molar-refractivity contribution in [3.8, 4) is 0 Å². The predicted octanol–water partition coefficient (Wildman–Crippen LogP) is 2.30. The lowest BCUT2D eigenvalue weighted by atomic mass is 10.1. The molecule has 0 aliphatic carbocycles. The lowest BCUT2D eigenvalue weighted by Crippen LogP contribution is -2.35. The maximum absolute atomic E-state index is 12.7. The van der Waals surface area contributed by atoms with E-state index < -0.39 is 0 Å². The summed E-state index contributed by atoms with van der Waals surface area (Å²) in [5, 5.41) is 8.11. The molecule has 0 aromatic carbocycles. The van der Waals surface area contributed by atoms with E-state index in [2.05, 4.69) is 45.2 Å². The largest absolute Gasteiger partial charge is 0.345 e. The highest BCUT2D eigenvalue weighted by atomic mass is 32.1. The third-order valence-corrected chi connectivity index (χ3v) is 5.08. The average Bonchev–Trinajstić information content (AvgIpc) is 3.19. The third-order valence-electron chi connectivity index (χ3n) is 4.27. The summed E-state index contributed by atoms with van der Waals surface area (Å²) < 4.78 is 4.36. The first kappa shape index (κ1) is 16.9. The van der Waals surface area contributed by atoms with Gasteiger partial charge in [-0.15, -0.1) is 0 Å². The molecule has 1 saturated heterocycles. The maximum Gasteiger partial charge on any atom is 0.274 e. The number of amides is 1. The Bertz CT molecular complexity index is 694. The average molecular weight is 348 g/mol. The highest BCUT2D eigenvalue weighted by Gasteiger charge is 2.23. The molecule has 0 spiro atoms. The summed E-state index contributed by atoms with van der Waals surface area (Å²) >= 11 is 1.45. The molecular formula is C16H24N6OS. The van der Waals surface area contributed by atoms with Gasteiger partial charge in [-0.3, -0.25) is 9.89 Å². The Morgan fingerprint density at radius 2 is 2.17 bits per heavy atom. The molecule has 1 aliphatic rings. The van der Waals surface area contributed by atoms with E-state index in [0.717, 1.165) is 49.1 Å². The number of rotatable bonds is 4. The van der Waals surface area contributed by atoms with Crippen LogP contribution in [0.5, 0.6) is 0 Å². The standard InChI is InChI=1S/C16H24N6OS/c1-4-14-17-16(24-20-14)22-7-5-6-21(8-9-22)15(23)13-10-12(11(2)3)18-19-13/h10-11H,4-9H2,1-3H3,(H,18,19). The quantitative estimate of drug-likeness (QED) is 0.917. The van der Waals surface area contributed by atoms with E-state index in [-0.39, 0.29) is 5.91 Å². The van der Waals surface area contributed by atoms with E-state index in [1.54, 1.807) is 0 Å². The van der Waals surface area contributed by atoms with Crippen LogP contribution in [-0.4, -0.2) is 56.5 Å². The molecule has 0 radical (unpaired) electrons. The van der Waals surface area contributed by atoms with E-state index in [0.29, 0.717) is 18.2 Å². The Kier molecular flexibility index (Phi) is 5.13. The molecule has 0 saturated carbocycles. The summed E-state index contributed by atoms with van der Waals surface area (Å²) in [7, 11) is 0. The molecule has 0 atom stereocenters. The molecule has 1 aliphatic heterocycles. The molecule has 0 unspecified atom stereocenters. The molecule has 2 aromatic heterocycles. The lowest BCUT2D eigenvalue weighted by Gasteiger charge is -2.20. The topological polar surface area (TPSA) is 78.0 Å². The first-order chi connectivity index (χ1) is 11.6. The van der Waals surface area contributed by atoms with Crippen molar-refractivity contribution >= 4 is 22.6 Å². The minimum atomic E-state index is 0.00603. The smallest absolute Gasteiger partial charge is 0.274 e. The van der Waals surface area contributed by atoms with Gasteiger partial charge in [0.15, 0.2) is 0 Å². The van der Waals surface area contributed by atoms with Gasteiger partial charge in [-0.1, -0.05) is 20.8 Å². The van der Waals surface area contributed by atoms with Gasteiger partial charge in [0.05, 0.1) is 0 Å². The Labute approximate surface area is 146 Å². The normalized spacial score (nSPS) is 15.8. The number of nitrogens with zero attached hydrogens (tertiary/aromatic N) is 5. The number of H-pyrrole nitrogens is 1. The number of aryl methyl sites for hydroxylation is 1. The number of carbonyl (C=O) groups excluding carboxylic acids is 1. The van der Waals surface area contributed by atoms with Gasteiger partial charge >= 0.3 is 0 Å². The van der Waals surface area contributed by atoms with Crippen LogP contribution in [0.25, 0.3) is 0 Å². The zero-order valence-corrected chi connectivity index (χ0v) is 15.3. The van der Waals surface area contributed by atoms with Crippen molar-refractivity contribution < 1.29 is 4.79 Å². The molecule has 1 N–H and O–H groups in total. The van der Waals surface area contributed by atoms with Crippen molar-refractivity contribution in [3.63, 3.8) is 0 Å². The van der Waals surface area contributed by atoms with Crippen LogP contribution in [0.2, 0.25) is 0 Å². The molecule has 1 fully saturated rings. The molecule has 24 heavy (non-hydrogen) atoms. The van der Waals surface area contributed by atoms with Gasteiger partial charge in [0.25, 0.3) is 5.91 Å². The summed E-state index contributed by atoms with van der Waals surface area (Å²) in [5.41, 5.74) is 1.51. The summed E-state index contributed by atoms with van der Waals surface area (Å²) in [4.78, 5) is 21.4. The molecule has 1 amide bonds. The number of aromatic amines is 1. The van der Waals surface area contributed by atoms with Crippen LogP contribution in [0.15, 0.2) is 6.07 Å². The van der Waals surface area contributed by atoms with Crippen LogP contribution < -0.4 is 4.90 Å². The molecule has 7 nitrogen and oxygen atoms in total. The molecular weight excluding hydrogens is 324 g/mol. The summed E-state index contributed by atoms with van der Waals surface area (Å²) in [6.45, 7) is 9.34. The fourth-order valence-electron chi connectivity index (χ4n) is 2.73. The van der Waals surface area contributed by atoms with E-state index >= 15 is 0 Å². The zero-order chi connectivity index (χ0) is 17.1. The second-order valence-electron chi connectivity index (χ2n) is 6.34. The molecule has 3 rings (SSSR count). The molecule has 0 bridgehead atoms. The fourth-order valence-corrected chi connectivity index (χ4v) is 3.53. The second kappa shape index (κ2) is 7.29. The van der Waals surface area contributed by atoms with Crippen LogP contribution in [0, 0.1) is 0 Å². The van der Waals surface area contributed by atoms with Crippen molar-refractivity contribution in [1.29, 1.82) is 0 Å². The van der Waals surface area contributed by atoms with E-state index in [4.69, 9.17) is 0 Å². The van der Waals surface area contributed by atoms with Gasteiger partial charge in [0.1, 0.15) is 11.5 Å². The number of aromatic nitrogens is 4. The molecule has 130 valence electrons. The van der Waals surface area contributed by atoms with Gasteiger partial charge < -0.3 is 9.80 Å². The molecule has 8 heteroatoms. The van der Waals surface area contributed by atoms with Crippen molar-refractivity contribution in [2.24, 2.45) is 0 Å². The monoisotopic (exact) mass is 348 g/mol. The van der Waals surface area contributed by atoms with Crippen LogP contribution in [0.1, 0.15) is 55.1 Å². The Morgan fingerprint density at radius 3 is 2.83 bits per heavy atom. The van der Waals surface area contributed by atoms with Gasteiger partial charge in [-0.05, 0) is 18.4 Å². The van der Waals surface area contributed by atoms with Crippen LogP contribution in [0.4, 0.5) is 5.13 Å². The predicted molar refractivity (Wildman–Crippen MR) is 94.7 cm³/mol. The van der Waals surface area contributed by atoms with E-state index in [1.807, 2.05) is 11.0 Å². The summed E-state index contributed by atoms with van der Waals surface area (Å²) in [6, 6.07) is 1.87. The summed E-state index contributed by atoms with van der Waals surface area (Å²) in [5.74, 6) is 1.24. The first-order valence-corrected chi connectivity index (χ1v) is 9.28. The van der Waals surface area contributed by atoms with Crippen LogP contribution >= 0.6 is 11.5 Å². The lowest BCUT2D eigenvalue weighted by molar-refractivity contribution is 0.0761. The van der Waals surface area contributed by atoms with Crippen LogP contribution in [-0.2, 0) is 6.42 Å². The maximum atomic E-state index is 12.7. The van der Waals surface area contributed by atoms with Crippen molar-refractivity contribution in [2.75, 3.05) is 31.1 Å². The second-order valence-corrected chi connectivity index (χ2v) is 7.07. The Balaban J connectivity index is 1.65. The Hall–Kier alpha value is -1.96. The minimum absolute atomic E-state index is 0.00603. The van der Waals surface area contributed by atoms with Gasteiger partial charge in [-0.25, -0.2) is 4.98 Å². The highest BCUT2D eigenvalue weighted by molar-refractivity contribution is 7.09. The fraction of sp³-hybridized carbons (Fsp3) is 0.625. The number of hydrogen-bond acceptors (Lipinski definition) is 6. The molecule has 3 heterocycles. The van der Waals surface area contributed by atoms with E-state index in [1.165, 1.54) is 11.5 Å². The first-order valence-electron chi connectivity index (χ1n) is 8.50. The third kappa shape index (κ3) is 3.58. The summed E-state index contributed by atoms with van der Waals surface area (Å²) in [6.07, 6.45) is 1.78. The number of carbonyl (C=O) groups is 1.